The van der Waals surface area contributed by atoms with Crippen LogP contribution in [0.2, 0.25) is 0 Å². The standard InChI is InChI=1S/C48H45BN2O/c1-46(2,3)28-24-29(47(4,5)6)26-30(25-28)50-38-22-15-20-36(48(7,8)9)42(38)49-43-39(50)27-35-32-17-11-13-23-40(32)52-45(35)41(43)34-19-14-18-33-31-16-10-12-21-37(31)51(49)44(33)34/h10-27H,1-9H3. The van der Waals surface area contributed by atoms with Crippen LogP contribution in [0.15, 0.2) is 114 Å². The molecule has 0 N–H and O–H groups in total. The molecule has 0 bridgehead atoms. The molecule has 4 heteroatoms. The molecular weight excluding hydrogens is 631 g/mol. The van der Waals surface area contributed by atoms with Crippen molar-refractivity contribution in [2.45, 2.75) is 78.6 Å². The molecule has 3 nitrogen and oxygen atoms in total. The second-order valence-electron chi connectivity index (χ2n) is 18.2. The van der Waals surface area contributed by atoms with Crippen molar-refractivity contribution in [1.29, 1.82) is 0 Å². The van der Waals surface area contributed by atoms with E-state index < -0.39 is 0 Å². The molecule has 2 aliphatic rings. The highest BCUT2D eigenvalue weighted by Crippen LogP contribution is 2.50. The van der Waals surface area contributed by atoms with Gasteiger partial charge < -0.3 is 13.8 Å². The molecule has 0 saturated heterocycles. The molecule has 8 aromatic rings. The van der Waals surface area contributed by atoms with Gasteiger partial charge in [-0.3, -0.25) is 0 Å². The maximum atomic E-state index is 6.97. The summed E-state index contributed by atoms with van der Waals surface area (Å²) < 4.78 is 9.63. The zero-order chi connectivity index (χ0) is 36.1. The summed E-state index contributed by atoms with van der Waals surface area (Å²) in [5, 5.41) is 4.89. The minimum absolute atomic E-state index is 0.0246. The van der Waals surface area contributed by atoms with Crippen LogP contribution >= 0.6 is 0 Å². The molecule has 256 valence electrons. The summed E-state index contributed by atoms with van der Waals surface area (Å²) in [5.41, 5.74) is 17.2. The fraction of sp³-hybridized carbons (Fsp3) is 0.250. The van der Waals surface area contributed by atoms with E-state index in [0.29, 0.717) is 0 Å². The van der Waals surface area contributed by atoms with Gasteiger partial charge in [0, 0.05) is 60.8 Å². The van der Waals surface area contributed by atoms with Crippen LogP contribution < -0.4 is 15.8 Å². The van der Waals surface area contributed by atoms with Crippen molar-refractivity contribution in [3.63, 3.8) is 0 Å². The molecule has 0 radical (unpaired) electrons. The topological polar surface area (TPSA) is 21.3 Å². The van der Waals surface area contributed by atoms with E-state index in [9.17, 15) is 0 Å². The van der Waals surface area contributed by atoms with Crippen LogP contribution in [-0.4, -0.2) is 11.3 Å². The normalized spacial score (nSPS) is 14.2. The third-order valence-electron chi connectivity index (χ3n) is 11.8. The first kappa shape index (κ1) is 31.5. The smallest absolute Gasteiger partial charge is 0.333 e. The van der Waals surface area contributed by atoms with E-state index in [0.717, 1.165) is 21.9 Å². The lowest BCUT2D eigenvalue weighted by molar-refractivity contribution is 0.569. The zero-order valence-electron chi connectivity index (χ0n) is 31.8. The first-order chi connectivity index (χ1) is 24.7. The SMILES string of the molecule is CC(C)(C)c1cc(N2c3cccc(C(C)(C)C)c3B3c4c2cc2c(oc5ccccc52)c4-c2cccc4c5ccccc5n3c24)cc(C(C)(C)C)c1. The van der Waals surface area contributed by atoms with Gasteiger partial charge in [0.05, 0.1) is 0 Å². The molecule has 0 amide bonds. The fourth-order valence-corrected chi connectivity index (χ4v) is 9.22. The van der Waals surface area contributed by atoms with E-state index in [4.69, 9.17) is 4.42 Å². The first-order valence-electron chi connectivity index (χ1n) is 18.8. The second-order valence-corrected chi connectivity index (χ2v) is 18.2. The highest BCUT2D eigenvalue weighted by atomic mass is 16.3. The van der Waals surface area contributed by atoms with Crippen molar-refractivity contribution in [2.75, 3.05) is 4.90 Å². The highest BCUT2D eigenvalue weighted by Gasteiger charge is 2.46. The number of anilines is 3. The summed E-state index contributed by atoms with van der Waals surface area (Å²) in [4.78, 5) is 2.60. The molecular formula is C48H45BN2O. The Morgan fingerprint density at radius 1 is 0.538 bits per heavy atom. The molecule has 2 aliphatic heterocycles. The van der Waals surface area contributed by atoms with E-state index in [-0.39, 0.29) is 23.1 Å². The summed E-state index contributed by atoms with van der Waals surface area (Å²) in [6.07, 6.45) is 0. The minimum Gasteiger partial charge on any atom is -0.455 e. The van der Waals surface area contributed by atoms with E-state index in [1.807, 2.05) is 0 Å². The number of aromatic nitrogens is 1. The summed E-state index contributed by atoms with van der Waals surface area (Å²) >= 11 is 0. The quantitative estimate of drug-likeness (QED) is 0.161. The maximum absolute atomic E-state index is 6.97. The van der Waals surface area contributed by atoms with Crippen molar-refractivity contribution in [3.05, 3.63) is 126 Å². The van der Waals surface area contributed by atoms with Gasteiger partial charge in [-0.05, 0) is 80.3 Å². The Balaban J connectivity index is 1.45. The summed E-state index contributed by atoms with van der Waals surface area (Å²) in [7, 11) is 0. The van der Waals surface area contributed by atoms with Gasteiger partial charge >= 0.3 is 6.85 Å². The van der Waals surface area contributed by atoms with Crippen LogP contribution in [0, 0.1) is 0 Å². The summed E-state index contributed by atoms with van der Waals surface area (Å²) in [6.45, 7) is 21.1. The summed E-state index contributed by atoms with van der Waals surface area (Å²) in [5.74, 6) is 0. The van der Waals surface area contributed by atoms with E-state index in [1.165, 1.54) is 77.6 Å². The number of rotatable bonds is 1. The molecule has 4 heterocycles. The lowest BCUT2D eigenvalue weighted by Gasteiger charge is -2.43. The molecule has 0 aliphatic carbocycles. The Bertz CT molecular complexity index is 2780. The van der Waals surface area contributed by atoms with Crippen LogP contribution in [0.5, 0.6) is 0 Å². The molecule has 0 fully saturated rings. The molecule has 0 atom stereocenters. The van der Waals surface area contributed by atoms with Crippen LogP contribution in [0.1, 0.15) is 79.0 Å². The Hall–Kier alpha value is -5.22. The Morgan fingerprint density at radius 3 is 1.90 bits per heavy atom. The highest BCUT2D eigenvalue weighted by molar-refractivity contribution is 6.90. The van der Waals surface area contributed by atoms with E-state index in [2.05, 4.69) is 181 Å². The minimum atomic E-state index is -0.0962. The van der Waals surface area contributed by atoms with Gasteiger partial charge in [-0.1, -0.05) is 135 Å². The van der Waals surface area contributed by atoms with Crippen LogP contribution in [0.3, 0.4) is 0 Å². The maximum Gasteiger partial charge on any atom is 0.333 e. The molecule has 52 heavy (non-hydrogen) atoms. The Morgan fingerprint density at radius 2 is 1.19 bits per heavy atom. The number of para-hydroxylation sites is 3. The molecule has 6 aromatic carbocycles. The van der Waals surface area contributed by atoms with E-state index >= 15 is 0 Å². The second kappa shape index (κ2) is 10.2. The Labute approximate surface area is 307 Å². The molecule has 10 rings (SSSR count). The predicted molar refractivity (Wildman–Crippen MR) is 223 cm³/mol. The lowest BCUT2D eigenvalue weighted by Crippen LogP contribution is -2.58. The number of hydrogen-bond acceptors (Lipinski definition) is 2. The zero-order valence-corrected chi connectivity index (χ0v) is 31.8. The number of benzene rings is 6. The predicted octanol–water partition coefficient (Wildman–Crippen LogP) is 12.0. The van der Waals surface area contributed by atoms with Crippen molar-refractivity contribution >= 4 is 78.6 Å². The molecule has 0 spiro atoms. The Kier molecular flexibility index (Phi) is 6.19. The number of fused-ring (bicyclic) bond motifs is 11. The van der Waals surface area contributed by atoms with Crippen molar-refractivity contribution in [1.82, 2.24) is 4.48 Å². The largest absolute Gasteiger partial charge is 0.455 e. The van der Waals surface area contributed by atoms with Crippen LogP contribution in [-0.2, 0) is 16.2 Å². The van der Waals surface area contributed by atoms with Crippen LogP contribution in [0.25, 0.3) is 54.9 Å². The molecule has 2 aromatic heterocycles. The monoisotopic (exact) mass is 676 g/mol. The molecule has 0 saturated carbocycles. The van der Waals surface area contributed by atoms with Gasteiger partial charge in [0.15, 0.2) is 0 Å². The van der Waals surface area contributed by atoms with Crippen molar-refractivity contribution in [2.24, 2.45) is 0 Å². The van der Waals surface area contributed by atoms with Crippen molar-refractivity contribution < 1.29 is 4.42 Å². The van der Waals surface area contributed by atoms with Crippen LogP contribution in [0.4, 0.5) is 17.1 Å². The number of hydrogen-bond donors (Lipinski definition) is 0. The third-order valence-corrected chi connectivity index (χ3v) is 11.8. The van der Waals surface area contributed by atoms with E-state index in [1.54, 1.807) is 0 Å². The third kappa shape index (κ3) is 4.21. The fourth-order valence-electron chi connectivity index (χ4n) is 9.22. The van der Waals surface area contributed by atoms with Crippen molar-refractivity contribution in [3.8, 4) is 11.1 Å². The van der Waals surface area contributed by atoms with Gasteiger partial charge in [0.1, 0.15) is 11.2 Å². The average molecular weight is 677 g/mol. The molecule has 0 unspecified atom stereocenters. The first-order valence-corrected chi connectivity index (χ1v) is 18.8. The van der Waals surface area contributed by atoms with Gasteiger partial charge in [-0.25, -0.2) is 0 Å². The van der Waals surface area contributed by atoms with Gasteiger partial charge in [-0.2, -0.15) is 0 Å². The average Bonchev–Trinajstić information content (AvgIpc) is 3.64. The summed E-state index contributed by atoms with van der Waals surface area (Å²) in [6, 6.07) is 41.2. The number of furan rings is 1. The van der Waals surface area contributed by atoms with Gasteiger partial charge in [0.2, 0.25) is 0 Å². The lowest BCUT2D eigenvalue weighted by atomic mass is 9.43. The van der Waals surface area contributed by atoms with Gasteiger partial charge in [-0.15, -0.1) is 0 Å². The van der Waals surface area contributed by atoms with Gasteiger partial charge in [0.25, 0.3) is 0 Å². The number of nitrogens with zero attached hydrogens (tertiary/aromatic N) is 2.